The molecule has 1 fully saturated rings. The van der Waals surface area contributed by atoms with Crippen LogP contribution in [0.2, 0.25) is 0 Å². The molecule has 0 unspecified atom stereocenters. The van der Waals surface area contributed by atoms with Gasteiger partial charge in [-0.2, -0.15) is 0 Å². The lowest BCUT2D eigenvalue weighted by atomic mass is 10.1. The van der Waals surface area contributed by atoms with Crippen molar-refractivity contribution in [3.8, 4) is 17.3 Å². The number of aromatic nitrogens is 4. The summed E-state index contributed by atoms with van der Waals surface area (Å²) in [6, 6.07) is 11.8. The molecule has 3 heterocycles. The Hall–Kier alpha value is -2.96. The number of nitrogens with zero attached hydrogens (tertiary/aromatic N) is 5. The van der Waals surface area contributed by atoms with E-state index in [-0.39, 0.29) is 6.10 Å². The normalized spacial score (nSPS) is 13.6. The molecule has 7 heteroatoms. The SMILES string of the molecule is CC.Cc1nnc(-c2ccc(N3CC(Oc4ccccc4C)C3)nn2)o1. The Balaban J connectivity index is 0.000000948. The minimum Gasteiger partial charge on any atom is -0.486 e. The number of aryl methyl sites for hydroxylation is 2. The van der Waals surface area contributed by atoms with E-state index in [1.54, 1.807) is 6.92 Å². The summed E-state index contributed by atoms with van der Waals surface area (Å²) in [7, 11) is 0. The second kappa shape index (κ2) is 7.95. The Morgan fingerprint density at radius 3 is 2.35 bits per heavy atom. The molecular formula is C19H23N5O2. The standard InChI is InChI=1S/C17H17N5O2.C2H6/c1-11-5-3-4-6-15(11)24-13-9-22(10-13)16-8-7-14(19-20-16)17-21-18-12(2)23-17;1-2/h3-8,13H,9-10H2,1-2H3;1-2H3. The summed E-state index contributed by atoms with van der Waals surface area (Å²) in [6.45, 7) is 9.38. The number of anilines is 1. The number of hydrogen-bond acceptors (Lipinski definition) is 7. The molecule has 7 nitrogen and oxygen atoms in total. The Labute approximate surface area is 153 Å². The van der Waals surface area contributed by atoms with Gasteiger partial charge in [-0.15, -0.1) is 20.4 Å². The molecule has 0 radical (unpaired) electrons. The molecule has 1 aromatic carbocycles. The first-order valence-corrected chi connectivity index (χ1v) is 8.80. The molecule has 0 amide bonds. The second-order valence-electron chi connectivity index (χ2n) is 5.81. The largest absolute Gasteiger partial charge is 0.486 e. The number of benzene rings is 1. The van der Waals surface area contributed by atoms with Gasteiger partial charge in [-0.1, -0.05) is 32.0 Å². The Morgan fingerprint density at radius 1 is 0.962 bits per heavy atom. The number of rotatable bonds is 4. The van der Waals surface area contributed by atoms with Crippen LogP contribution in [0.1, 0.15) is 25.3 Å². The zero-order valence-corrected chi connectivity index (χ0v) is 15.5. The van der Waals surface area contributed by atoms with Crippen LogP contribution in [-0.4, -0.2) is 39.6 Å². The number of ether oxygens (including phenoxy) is 1. The smallest absolute Gasteiger partial charge is 0.268 e. The number of hydrogen-bond donors (Lipinski definition) is 0. The molecule has 0 saturated carbocycles. The minimum atomic E-state index is 0.172. The Morgan fingerprint density at radius 2 is 1.73 bits per heavy atom. The van der Waals surface area contributed by atoms with Gasteiger partial charge >= 0.3 is 0 Å². The van der Waals surface area contributed by atoms with Crippen LogP contribution in [0, 0.1) is 13.8 Å². The lowest BCUT2D eigenvalue weighted by molar-refractivity contribution is 0.165. The second-order valence-corrected chi connectivity index (χ2v) is 5.81. The van der Waals surface area contributed by atoms with Crippen LogP contribution in [0.15, 0.2) is 40.8 Å². The van der Waals surface area contributed by atoms with E-state index in [1.165, 1.54) is 0 Å². The maximum Gasteiger partial charge on any atom is 0.268 e. The summed E-state index contributed by atoms with van der Waals surface area (Å²) in [5, 5.41) is 16.1. The van der Waals surface area contributed by atoms with Crippen LogP contribution in [0.5, 0.6) is 5.75 Å². The fourth-order valence-corrected chi connectivity index (χ4v) is 2.58. The summed E-state index contributed by atoms with van der Waals surface area (Å²) in [6.07, 6.45) is 0.172. The van der Waals surface area contributed by atoms with Gasteiger partial charge in [0.2, 0.25) is 5.89 Å². The van der Waals surface area contributed by atoms with Crippen molar-refractivity contribution >= 4 is 5.82 Å². The van der Waals surface area contributed by atoms with Crippen LogP contribution in [-0.2, 0) is 0 Å². The zero-order chi connectivity index (χ0) is 18.5. The van der Waals surface area contributed by atoms with Gasteiger partial charge < -0.3 is 14.1 Å². The summed E-state index contributed by atoms with van der Waals surface area (Å²) in [5.41, 5.74) is 1.72. The van der Waals surface area contributed by atoms with Gasteiger partial charge in [0.1, 0.15) is 17.5 Å². The van der Waals surface area contributed by atoms with Gasteiger partial charge in [-0.25, -0.2) is 0 Å². The molecule has 0 bridgehead atoms. The third-order valence-corrected chi connectivity index (χ3v) is 3.95. The molecule has 136 valence electrons. The molecule has 0 aliphatic carbocycles. The molecule has 2 aromatic heterocycles. The molecule has 0 atom stereocenters. The number of para-hydroxylation sites is 1. The van der Waals surface area contributed by atoms with Crippen molar-refractivity contribution in [2.24, 2.45) is 0 Å². The molecule has 1 aliphatic rings. The fraction of sp³-hybridized carbons (Fsp3) is 0.368. The third kappa shape index (κ3) is 3.82. The molecular weight excluding hydrogens is 330 g/mol. The highest BCUT2D eigenvalue weighted by molar-refractivity contribution is 5.50. The minimum absolute atomic E-state index is 0.172. The lowest BCUT2D eigenvalue weighted by Crippen LogP contribution is -2.54. The van der Waals surface area contributed by atoms with Gasteiger partial charge in [-0.05, 0) is 30.7 Å². The highest BCUT2D eigenvalue weighted by Crippen LogP contribution is 2.25. The van der Waals surface area contributed by atoms with Crippen LogP contribution in [0.25, 0.3) is 11.6 Å². The Bertz CT molecular complexity index is 841. The summed E-state index contributed by atoms with van der Waals surface area (Å²) in [5.74, 6) is 2.65. The first-order chi connectivity index (χ1) is 12.7. The van der Waals surface area contributed by atoms with Gasteiger partial charge in [0.15, 0.2) is 5.82 Å². The van der Waals surface area contributed by atoms with E-state index >= 15 is 0 Å². The van der Waals surface area contributed by atoms with Crippen molar-refractivity contribution in [2.75, 3.05) is 18.0 Å². The quantitative estimate of drug-likeness (QED) is 0.711. The molecule has 0 N–H and O–H groups in total. The first kappa shape index (κ1) is 17.8. The lowest BCUT2D eigenvalue weighted by Gasteiger charge is -2.39. The van der Waals surface area contributed by atoms with E-state index in [4.69, 9.17) is 9.15 Å². The fourth-order valence-electron chi connectivity index (χ4n) is 2.58. The molecule has 3 aromatic rings. The van der Waals surface area contributed by atoms with Crippen LogP contribution < -0.4 is 9.64 Å². The maximum absolute atomic E-state index is 6.01. The van der Waals surface area contributed by atoms with Crippen molar-refractivity contribution in [3.05, 3.63) is 47.9 Å². The summed E-state index contributed by atoms with van der Waals surface area (Å²) < 4.78 is 11.4. The predicted molar refractivity (Wildman–Crippen MR) is 99.2 cm³/mol. The zero-order valence-electron chi connectivity index (χ0n) is 15.5. The Kier molecular flexibility index (Phi) is 5.46. The van der Waals surface area contributed by atoms with Crippen molar-refractivity contribution < 1.29 is 9.15 Å². The topological polar surface area (TPSA) is 77.2 Å². The predicted octanol–water partition coefficient (Wildman–Crippen LogP) is 3.44. The molecule has 4 rings (SSSR count). The third-order valence-electron chi connectivity index (χ3n) is 3.95. The van der Waals surface area contributed by atoms with E-state index in [1.807, 2.05) is 44.2 Å². The average molecular weight is 353 g/mol. The summed E-state index contributed by atoms with van der Waals surface area (Å²) >= 11 is 0. The van der Waals surface area contributed by atoms with E-state index in [0.717, 1.165) is 30.2 Å². The molecule has 1 saturated heterocycles. The van der Waals surface area contributed by atoms with Crippen LogP contribution in [0.3, 0.4) is 0 Å². The van der Waals surface area contributed by atoms with Crippen LogP contribution in [0.4, 0.5) is 5.82 Å². The van der Waals surface area contributed by atoms with Crippen molar-refractivity contribution in [1.29, 1.82) is 0 Å². The molecule has 1 aliphatic heterocycles. The molecule has 26 heavy (non-hydrogen) atoms. The molecule has 0 spiro atoms. The van der Waals surface area contributed by atoms with Gasteiger partial charge in [-0.3, -0.25) is 0 Å². The van der Waals surface area contributed by atoms with Gasteiger partial charge in [0.25, 0.3) is 5.89 Å². The first-order valence-electron chi connectivity index (χ1n) is 8.80. The van der Waals surface area contributed by atoms with Crippen molar-refractivity contribution in [3.63, 3.8) is 0 Å². The average Bonchev–Trinajstić information content (AvgIpc) is 3.08. The van der Waals surface area contributed by atoms with Gasteiger partial charge in [0.05, 0.1) is 13.1 Å². The highest BCUT2D eigenvalue weighted by Gasteiger charge is 2.30. The summed E-state index contributed by atoms with van der Waals surface area (Å²) in [4.78, 5) is 2.12. The van der Waals surface area contributed by atoms with Crippen molar-refractivity contribution in [2.45, 2.75) is 33.8 Å². The van der Waals surface area contributed by atoms with E-state index < -0.39 is 0 Å². The van der Waals surface area contributed by atoms with Crippen molar-refractivity contribution in [1.82, 2.24) is 20.4 Å². The van der Waals surface area contributed by atoms with Crippen LogP contribution >= 0.6 is 0 Å². The monoisotopic (exact) mass is 353 g/mol. The van der Waals surface area contributed by atoms with E-state index in [0.29, 0.717) is 17.5 Å². The maximum atomic E-state index is 6.01. The highest BCUT2D eigenvalue weighted by atomic mass is 16.5. The van der Waals surface area contributed by atoms with E-state index in [2.05, 4.69) is 38.3 Å². The van der Waals surface area contributed by atoms with E-state index in [9.17, 15) is 0 Å². The van der Waals surface area contributed by atoms with Gasteiger partial charge in [0, 0.05) is 6.92 Å².